The average molecular weight is 373 g/mol. The summed E-state index contributed by atoms with van der Waals surface area (Å²) in [6.45, 7) is 0. The maximum Gasteiger partial charge on any atom is 0.134 e. The lowest BCUT2D eigenvalue weighted by Crippen LogP contribution is -2.09. The predicted molar refractivity (Wildman–Crippen MR) is 79.2 cm³/mol. The van der Waals surface area contributed by atoms with Crippen LogP contribution in [0.3, 0.4) is 0 Å². The van der Waals surface area contributed by atoms with Crippen LogP contribution in [0.4, 0.5) is 4.39 Å². The van der Waals surface area contributed by atoms with Crippen LogP contribution in [0.1, 0.15) is 17.4 Å². The second kappa shape index (κ2) is 4.64. The lowest BCUT2D eigenvalue weighted by Gasteiger charge is -2.05. The molecule has 3 aromatic rings. The molecule has 0 radical (unpaired) electrons. The summed E-state index contributed by atoms with van der Waals surface area (Å²) in [4.78, 5) is 0. The third-order valence-corrected chi connectivity index (χ3v) is 4.56. The van der Waals surface area contributed by atoms with Crippen molar-refractivity contribution in [3.63, 3.8) is 0 Å². The Morgan fingerprint density at radius 1 is 1.28 bits per heavy atom. The van der Waals surface area contributed by atoms with Crippen LogP contribution in [0.5, 0.6) is 0 Å². The van der Waals surface area contributed by atoms with Gasteiger partial charge in [-0.1, -0.05) is 0 Å². The van der Waals surface area contributed by atoms with Crippen molar-refractivity contribution in [1.29, 1.82) is 0 Å². The van der Waals surface area contributed by atoms with E-state index in [2.05, 4.69) is 22.6 Å². The molecule has 2 N–H and O–H groups in total. The summed E-state index contributed by atoms with van der Waals surface area (Å²) in [5, 5.41) is 2.76. The Balaban J connectivity index is 2.03. The number of halogens is 2. The highest BCUT2D eigenvalue weighted by molar-refractivity contribution is 14.1. The number of hydrogen-bond acceptors (Lipinski definition) is 3. The summed E-state index contributed by atoms with van der Waals surface area (Å²) < 4.78 is 19.9. The largest absolute Gasteiger partial charge is 0.459 e. The number of furan rings is 1. The fourth-order valence-electron chi connectivity index (χ4n) is 1.84. The molecule has 0 aliphatic heterocycles. The smallest absolute Gasteiger partial charge is 0.134 e. The van der Waals surface area contributed by atoms with Gasteiger partial charge in [0.15, 0.2) is 0 Å². The number of thiophene rings is 1. The van der Waals surface area contributed by atoms with Gasteiger partial charge in [0, 0.05) is 5.39 Å². The lowest BCUT2D eigenvalue weighted by molar-refractivity contribution is 0.525. The zero-order chi connectivity index (χ0) is 12.7. The molecule has 2 nitrogen and oxygen atoms in total. The first-order valence-corrected chi connectivity index (χ1v) is 7.28. The van der Waals surface area contributed by atoms with E-state index in [9.17, 15) is 4.39 Å². The van der Waals surface area contributed by atoms with E-state index in [0.717, 1.165) is 10.9 Å². The van der Waals surface area contributed by atoms with Crippen molar-refractivity contribution in [3.8, 4) is 0 Å². The molecule has 18 heavy (non-hydrogen) atoms. The second-order valence-electron chi connectivity index (χ2n) is 3.99. The molecule has 2 aromatic heterocycles. The van der Waals surface area contributed by atoms with Crippen molar-refractivity contribution >= 4 is 44.9 Å². The van der Waals surface area contributed by atoms with Gasteiger partial charge in [-0.25, -0.2) is 4.39 Å². The van der Waals surface area contributed by atoms with Crippen LogP contribution in [0.2, 0.25) is 0 Å². The topological polar surface area (TPSA) is 39.2 Å². The molecule has 92 valence electrons. The van der Waals surface area contributed by atoms with Gasteiger partial charge in [0.1, 0.15) is 17.2 Å². The van der Waals surface area contributed by atoms with Crippen molar-refractivity contribution in [2.24, 2.45) is 5.73 Å². The summed E-state index contributed by atoms with van der Waals surface area (Å²) >= 11 is 3.90. The zero-order valence-corrected chi connectivity index (χ0v) is 12.2. The second-order valence-corrected chi connectivity index (χ2v) is 6.80. The minimum atomic E-state index is -0.305. The first-order chi connectivity index (χ1) is 8.63. The third-order valence-electron chi connectivity index (χ3n) is 2.75. The molecule has 1 aromatic carbocycles. The third kappa shape index (κ3) is 2.17. The Morgan fingerprint density at radius 3 is 2.83 bits per heavy atom. The maximum absolute atomic E-state index is 13.1. The van der Waals surface area contributed by atoms with Crippen LogP contribution in [0.25, 0.3) is 11.0 Å². The van der Waals surface area contributed by atoms with Crippen LogP contribution in [-0.2, 0) is 0 Å². The maximum atomic E-state index is 13.1. The molecule has 0 amide bonds. The van der Waals surface area contributed by atoms with E-state index >= 15 is 0 Å². The Kier molecular flexibility index (Phi) is 3.13. The number of hydrogen-bond donors (Lipinski definition) is 1. The van der Waals surface area contributed by atoms with Gasteiger partial charge in [0.05, 0.1) is 8.93 Å². The zero-order valence-electron chi connectivity index (χ0n) is 9.19. The Bertz CT molecular complexity index is 706. The molecule has 0 saturated carbocycles. The van der Waals surface area contributed by atoms with Gasteiger partial charge in [-0.2, -0.15) is 0 Å². The van der Waals surface area contributed by atoms with Gasteiger partial charge in [-0.3, -0.25) is 0 Å². The molecule has 5 heteroatoms. The normalized spacial score (nSPS) is 13.1. The number of fused-ring (bicyclic) bond motifs is 1. The summed E-state index contributed by atoms with van der Waals surface area (Å²) in [6, 6.07) is 7.98. The van der Waals surface area contributed by atoms with Crippen LogP contribution >= 0.6 is 33.9 Å². The van der Waals surface area contributed by atoms with Crippen LogP contribution in [0.15, 0.2) is 40.1 Å². The first kappa shape index (κ1) is 12.1. The summed E-state index contributed by atoms with van der Waals surface area (Å²) in [5.74, 6) is 0.387. The molecule has 0 spiro atoms. The number of nitrogens with two attached hydrogens (primary N) is 1. The van der Waals surface area contributed by atoms with E-state index in [1.165, 1.54) is 15.0 Å². The quantitative estimate of drug-likeness (QED) is 0.681. The Hall–Kier alpha value is -0.920. The lowest BCUT2D eigenvalue weighted by atomic mass is 10.1. The van der Waals surface area contributed by atoms with Crippen LogP contribution in [-0.4, -0.2) is 0 Å². The molecule has 3 rings (SSSR count). The van der Waals surface area contributed by atoms with Crippen LogP contribution in [0, 0.1) is 8.70 Å². The SMILES string of the molecule is NC(c1csc(I)c1)c1cc2cc(F)ccc2o1. The molecule has 1 atom stereocenters. The van der Waals surface area contributed by atoms with Gasteiger partial charge in [-0.15, -0.1) is 11.3 Å². The van der Waals surface area contributed by atoms with E-state index in [4.69, 9.17) is 10.2 Å². The van der Waals surface area contributed by atoms with E-state index in [0.29, 0.717) is 11.3 Å². The molecule has 0 aliphatic rings. The summed E-state index contributed by atoms with van der Waals surface area (Å²) in [7, 11) is 0. The highest BCUT2D eigenvalue weighted by Gasteiger charge is 2.15. The van der Waals surface area contributed by atoms with Crippen molar-refractivity contribution in [2.45, 2.75) is 6.04 Å². The van der Waals surface area contributed by atoms with Crippen molar-refractivity contribution in [2.75, 3.05) is 0 Å². The minimum Gasteiger partial charge on any atom is -0.459 e. The van der Waals surface area contributed by atoms with E-state index in [1.54, 1.807) is 23.5 Å². The highest BCUT2D eigenvalue weighted by atomic mass is 127. The van der Waals surface area contributed by atoms with Crippen molar-refractivity contribution < 1.29 is 8.81 Å². The summed E-state index contributed by atoms with van der Waals surface area (Å²) in [5.41, 5.74) is 7.82. The van der Waals surface area contributed by atoms with Gasteiger partial charge in [0.25, 0.3) is 0 Å². The molecule has 2 heterocycles. The van der Waals surface area contributed by atoms with Gasteiger partial charge >= 0.3 is 0 Å². The highest BCUT2D eigenvalue weighted by Crippen LogP contribution is 2.29. The molecular weight excluding hydrogens is 364 g/mol. The monoisotopic (exact) mass is 373 g/mol. The fourth-order valence-corrected chi connectivity index (χ4v) is 3.25. The standard InChI is InChI=1S/C13H9FINOS/c14-9-1-2-10-7(3-9)4-11(17-10)13(16)8-5-12(15)18-6-8/h1-6,13H,16H2. The number of rotatable bonds is 2. The van der Waals surface area contributed by atoms with Crippen molar-refractivity contribution in [3.05, 3.63) is 55.7 Å². The Morgan fingerprint density at radius 2 is 2.11 bits per heavy atom. The van der Waals surface area contributed by atoms with E-state index in [-0.39, 0.29) is 11.9 Å². The van der Waals surface area contributed by atoms with Gasteiger partial charge in [0.2, 0.25) is 0 Å². The fraction of sp³-hybridized carbons (Fsp3) is 0.0769. The van der Waals surface area contributed by atoms with Gasteiger partial charge < -0.3 is 10.2 Å². The molecule has 0 saturated heterocycles. The van der Waals surface area contributed by atoms with Crippen LogP contribution < -0.4 is 5.73 Å². The van der Waals surface area contributed by atoms with Gasteiger partial charge in [-0.05, 0) is 63.9 Å². The molecule has 0 bridgehead atoms. The van der Waals surface area contributed by atoms with E-state index < -0.39 is 0 Å². The van der Waals surface area contributed by atoms with E-state index in [1.807, 2.05) is 11.4 Å². The molecular formula is C13H9FINOS. The average Bonchev–Trinajstić information content (AvgIpc) is 2.93. The first-order valence-electron chi connectivity index (χ1n) is 5.32. The minimum absolute atomic E-state index is 0.270. The van der Waals surface area contributed by atoms with Crippen molar-refractivity contribution in [1.82, 2.24) is 0 Å². The molecule has 0 fully saturated rings. The Labute approximate surface area is 121 Å². The molecule has 0 aliphatic carbocycles. The predicted octanol–water partition coefficient (Wildman–Crippen LogP) is 4.29. The number of benzene rings is 1. The summed E-state index contributed by atoms with van der Waals surface area (Å²) in [6.07, 6.45) is 0. The molecule has 1 unspecified atom stereocenters.